The molecule has 43 heavy (non-hydrogen) atoms. The van der Waals surface area contributed by atoms with Crippen molar-refractivity contribution >= 4 is 52.7 Å². The Kier molecular flexibility index (Phi) is 10.6. The average Bonchev–Trinajstić information content (AvgIpc) is 3.44. The van der Waals surface area contributed by atoms with Crippen molar-refractivity contribution in [3.63, 3.8) is 0 Å². The minimum Gasteiger partial charge on any atom is -0.453 e. The number of methoxy groups -OCH3 is 1. The van der Waals surface area contributed by atoms with E-state index in [1.165, 1.54) is 7.11 Å². The number of aromatic nitrogens is 2. The molecular weight excluding hydrogens is 576 g/mol. The summed E-state index contributed by atoms with van der Waals surface area (Å²) in [7, 11) is 2.98. The summed E-state index contributed by atoms with van der Waals surface area (Å²) in [4.78, 5) is 58.3. The summed E-state index contributed by atoms with van der Waals surface area (Å²) < 4.78 is 10.1. The SMILES string of the molecule is CCCCC(=O)Nc1cc(NC(=O)OC)ccc1-c1cnc(CC(=O)N(C)CCCC2OC(=O)Nc3ccc(Cl)cc32)[nH]1. The Labute approximate surface area is 254 Å². The van der Waals surface area contributed by atoms with Crippen LogP contribution in [0.3, 0.4) is 0 Å². The Hall–Kier alpha value is -4.58. The standard InChI is InChI=1S/C30H35ClN6O6/c1-4-5-8-27(38)35-23-15-19(33-29(40)42-3)10-11-20(23)24-17-32-26(34-24)16-28(39)37(2)13-6-7-25-21-14-18(31)9-12-22(21)36-30(41)43-25/h9-12,14-15,17,25H,4-8,13,16H2,1-3H3,(H,32,34)(H,33,40)(H,35,38)(H,36,41). The van der Waals surface area contributed by atoms with Gasteiger partial charge >= 0.3 is 12.2 Å². The number of H-pyrrole nitrogens is 1. The number of hydrogen-bond acceptors (Lipinski definition) is 7. The first-order valence-electron chi connectivity index (χ1n) is 14.0. The van der Waals surface area contributed by atoms with E-state index in [1.54, 1.807) is 54.5 Å². The smallest absolute Gasteiger partial charge is 0.412 e. The minimum absolute atomic E-state index is 0.0391. The molecule has 3 aromatic rings. The van der Waals surface area contributed by atoms with Crippen molar-refractivity contribution in [2.45, 2.75) is 51.6 Å². The molecule has 0 spiro atoms. The van der Waals surface area contributed by atoms with Gasteiger partial charge in [0.25, 0.3) is 0 Å². The van der Waals surface area contributed by atoms with E-state index in [1.807, 2.05) is 6.92 Å². The normalized spacial score (nSPS) is 13.8. The number of halogens is 1. The summed E-state index contributed by atoms with van der Waals surface area (Å²) in [6.07, 6.45) is 3.15. The maximum atomic E-state index is 13.0. The summed E-state index contributed by atoms with van der Waals surface area (Å²) in [5.74, 6) is 0.167. The fraction of sp³-hybridized carbons (Fsp3) is 0.367. The van der Waals surface area contributed by atoms with Crippen molar-refractivity contribution < 1.29 is 28.7 Å². The van der Waals surface area contributed by atoms with Gasteiger partial charge < -0.3 is 24.7 Å². The van der Waals surface area contributed by atoms with Crippen LogP contribution in [0.2, 0.25) is 5.02 Å². The van der Waals surface area contributed by atoms with E-state index in [0.717, 1.165) is 18.4 Å². The Morgan fingerprint density at radius 1 is 1.14 bits per heavy atom. The topological polar surface area (TPSA) is 155 Å². The number of imidazole rings is 1. The molecule has 12 nitrogen and oxygen atoms in total. The van der Waals surface area contributed by atoms with Gasteiger partial charge in [-0.25, -0.2) is 14.6 Å². The summed E-state index contributed by atoms with van der Waals surface area (Å²) in [5, 5.41) is 8.73. The maximum absolute atomic E-state index is 13.0. The molecular formula is C30H35ClN6O6. The highest BCUT2D eigenvalue weighted by Crippen LogP contribution is 2.35. The summed E-state index contributed by atoms with van der Waals surface area (Å²) in [5.41, 5.74) is 3.66. The number of nitrogens with one attached hydrogen (secondary N) is 4. The average molecular weight is 611 g/mol. The molecule has 13 heteroatoms. The zero-order valence-corrected chi connectivity index (χ0v) is 25.0. The maximum Gasteiger partial charge on any atom is 0.412 e. The van der Waals surface area contributed by atoms with Gasteiger partial charge in [0.05, 0.1) is 36.8 Å². The highest BCUT2D eigenvalue weighted by molar-refractivity contribution is 6.30. The number of unbranched alkanes of at least 4 members (excludes halogenated alkanes) is 1. The first-order valence-corrected chi connectivity index (χ1v) is 14.4. The van der Waals surface area contributed by atoms with Crippen LogP contribution in [0.5, 0.6) is 0 Å². The van der Waals surface area contributed by atoms with Crippen LogP contribution in [0.15, 0.2) is 42.6 Å². The third-order valence-electron chi connectivity index (χ3n) is 6.95. The fourth-order valence-electron chi connectivity index (χ4n) is 4.65. The second-order valence-corrected chi connectivity index (χ2v) is 10.6. The number of anilines is 3. The molecule has 0 aliphatic carbocycles. The Bertz CT molecular complexity index is 1490. The lowest BCUT2D eigenvalue weighted by molar-refractivity contribution is -0.129. The number of likely N-dealkylation sites (N-methyl/N-ethyl adjacent to an activating group) is 1. The van der Waals surface area contributed by atoms with E-state index < -0.39 is 18.3 Å². The van der Waals surface area contributed by atoms with Crippen LogP contribution in [-0.4, -0.2) is 59.6 Å². The number of nitrogens with zero attached hydrogens (tertiary/aromatic N) is 2. The Morgan fingerprint density at radius 3 is 2.72 bits per heavy atom. The highest BCUT2D eigenvalue weighted by Gasteiger charge is 2.26. The van der Waals surface area contributed by atoms with Gasteiger partial charge in [0.1, 0.15) is 11.9 Å². The van der Waals surface area contributed by atoms with Crippen LogP contribution < -0.4 is 16.0 Å². The van der Waals surface area contributed by atoms with Crippen molar-refractivity contribution in [1.82, 2.24) is 14.9 Å². The van der Waals surface area contributed by atoms with Crippen molar-refractivity contribution in [2.24, 2.45) is 0 Å². The molecule has 1 unspecified atom stereocenters. The molecule has 4 rings (SSSR count). The van der Waals surface area contributed by atoms with Crippen LogP contribution in [0.4, 0.5) is 26.7 Å². The molecule has 0 saturated heterocycles. The van der Waals surface area contributed by atoms with Gasteiger partial charge in [0.2, 0.25) is 11.8 Å². The number of amides is 4. The zero-order valence-electron chi connectivity index (χ0n) is 24.3. The third kappa shape index (κ3) is 8.48. The van der Waals surface area contributed by atoms with E-state index >= 15 is 0 Å². The van der Waals surface area contributed by atoms with Crippen molar-refractivity contribution in [3.05, 3.63) is 59.0 Å². The minimum atomic E-state index is -0.631. The Balaban J connectivity index is 1.38. The molecule has 0 saturated carbocycles. The van der Waals surface area contributed by atoms with Gasteiger partial charge in [-0.15, -0.1) is 0 Å². The molecule has 4 amide bonds. The second kappa shape index (κ2) is 14.5. The van der Waals surface area contributed by atoms with Gasteiger partial charge in [-0.05, 0) is 55.7 Å². The molecule has 0 bridgehead atoms. The quantitative estimate of drug-likeness (QED) is 0.192. The molecule has 4 N–H and O–H groups in total. The van der Waals surface area contributed by atoms with Crippen LogP contribution in [0.1, 0.15) is 56.5 Å². The molecule has 2 aromatic carbocycles. The molecule has 1 aromatic heterocycles. The molecule has 0 radical (unpaired) electrons. The van der Waals surface area contributed by atoms with E-state index in [-0.39, 0.29) is 18.2 Å². The lowest BCUT2D eigenvalue weighted by Gasteiger charge is -2.27. The summed E-state index contributed by atoms with van der Waals surface area (Å²) in [6, 6.07) is 10.3. The number of cyclic esters (lactones) is 1. The van der Waals surface area contributed by atoms with Crippen LogP contribution in [0, 0.1) is 0 Å². The van der Waals surface area contributed by atoms with E-state index in [2.05, 4.69) is 30.7 Å². The Morgan fingerprint density at radius 2 is 1.95 bits per heavy atom. The number of carbonyl (C=O) groups is 4. The number of rotatable bonds is 12. The van der Waals surface area contributed by atoms with Gasteiger partial charge in [-0.2, -0.15) is 0 Å². The fourth-order valence-corrected chi connectivity index (χ4v) is 4.83. The number of aromatic amines is 1. The molecule has 228 valence electrons. The predicted octanol–water partition coefficient (Wildman–Crippen LogP) is 6.12. The molecule has 1 aliphatic rings. The number of benzene rings is 2. The van der Waals surface area contributed by atoms with Gasteiger partial charge in [0, 0.05) is 41.9 Å². The number of ether oxygens (including phenoxy) is 2. The first-order chi connectivity index (χ1) is 20.7. The second-order valence-electron chi connectivity index (χ2n) is 10.2. The predicted molar refractivity (Wildman–Crippen MR) is 163 cm³/mol. The molecule has 2 heterocycles. The van der Waals surface area contributed by atoms with Gasteiger partial charge in [0.15, 0.2) is 0 Å². The van der Waals surface area contributed by atoms with Gasteiger partial charge in [-0.3, -0.25) is 20.2 Å². The van der Waals surface area contributed by atoms with Crippen molar-refractivity contribution in [1.29, 1.82) is 0 Å². The first kappa shape index (κ1) is 31.4. The highest BCUT2D eigenvalue weighted by atomic mass is 35.5. The lowest BCUT2D eigenvalue weighted by atomic mass is 10.0. The lowest BCUT2D eigenvalue weighted by Crippen LogP contribution is -2.30. The molecule has 0 fully saturated rings. The van der Waals surface area contributed by atoms with Crippen molar-refractivity contribution in [2.75, 3.05) is 36.7 Å². The van der Waals surface area contributed by atoms with Crippen LogP contribution in [0.25, 0.3) is 11.3 Å². The zero-order chi connectivity index (χ0) is 30.9. The van der Waals surface area contributed by atoms with Crippen LogP contribution in [-0.2, 0) is 25.5 Å². The molecule has 1 aliphatic heterocycles. The van der Waals surface area contributed by atoms with Crippen molar-refractivity contribution in [3.8, 4) is 11.3 Å². The summed E-state index contributed by atoms with van der Waals surface area (Å²) in [6.45, 7) is 2.46. The number of fused-ring (bicyclic) bond motifs is 1. The van der Waals surface area contributed by atoms with E-state index in [4.69, 9.17) is 16.3 Å². The van der Waals surface area contributed by atoms with E-state index in [0.29, 0.717) is 65.0 Å². The van der Waals surface area contributed by atoms with Gasteiger partial charge in [-0.1, -0.05) is 24.9 Å². The number of hydrogen-bond donors (Lipinski definition) is 4. The van der Waals surface area contributed by atoms with E-state index in [9.17, 15) is 19.2 Å². The largest absolute Gasteiger partial charge is 0.453 e. The number of carbonyl (C=O) groups excluding carboxylic acids is 4. The third-order valence-corrected chi connectivity index (χ3v) is 7.19. The monoisotopic (exact) mass is 610 g/mol. The molecule has 1 atom stereocenters. The summed E-state index contributed by atoms with van der Waals surface area (Å²) >= 11 is 6.13. The van der Waals surface area contributed by atoms with Crippen LogP contribution >= 0.6 is 11.6 Å².